The summed E-state index contributed by atoms with van der Waals surface area (Å²) in [6.07, 6.45) is 5.01. The number of carboxylic acids is 1. The molecular formula is C17H24N2O3. The van der Waals surface area contributed by atoms with E-state index in [1.807, 2.05) is 18.0 Å². The number of aromatic carboxylic acids is 1. The van der Waals surface area contributed by atoms with E-state index in [2.05, 4.69) is 12.2 Å². The molecule has 0 heterocycles. The minimum Gasteiger partial charge on any atom is -0.478 e. The monoisotopic (exact) mass is 304 g/mol. The Morgan fingerprint density at radius 3 is 2.64 bits per heavy atom. The van der Waals surface area contributed by atoms with Gasteiger partial charge in [-0.2, -0.15) is 0 Å². The second-order valence-corrected chi connectivity index (χ2v) is 5.93. The summed E-state index contributed by atoms with van der Waals surface area (Å²) in [5, 5.41) is 12.2. The fourth-order valence-corrected chi connectivity index (χ4v) is 2.49. The van der Waals surface area contributed by atoms with Gasteiger partial charge in [-0.15, -0.1) is 0 Å². The molecule has 0 aliphatic heterocycles. The fraction of sp³-hybridized carbons (Fsp3) is 0.529. The zero-order valence-electron chi connectivity index (χ0n) is 13.3. The smallest absolute Gasteiger partial charge is 0.337 e. The Morgan fingerprint density at radius 2 is 2.09 bits per heavy atom. The lowest BCUT2D eigenvalue weighted by molar-refractivity contribution is -0.122. The Morgan fingerprint density at radius 1 is 1.36 bits per heavy atom. The number of benzene rings is 1. The Bertz CT molecular complexity index is 553. The number of unbranched alkanes of at least 4 members (excludes halogenated alkanes) is 1. The second-order valence-electron chi connectivity index (χ2n) is 5.93. The first kappa shape index (κ1) is 16.3. The highest BCUT2D eigenvalue weighted by molar-refractivity contribution is 6.02. The summed E-state index contributed by atoms with van der Waals surface area (Å²) in [5.41, 5.74) is 1.39. The van der Waals surface area contributed by atoms with Gasteiger partial charge >= 0.3 is 5.97 Å². The maximum atomic E-state index is 12.0. The molecule has 1 aromatic carbocycles. The van der Waals surface area contributed by atoms with Crippen molar-refractivity contribution < 1.29 is 14.7 Å². The molecule has 0 spiro atoms. The predicted molar refractivity (Wildman–Crippen MR) is 87.6 cm³/mol. The highest BCUT2D eigenvalue weighted by atomic mass is 16.4. The summed E-state index contributed by atoms with van der Waals surface area (Å²) in [6.45, 7) is 3.00. The minimum absolute atomic E-state index is 0.0357. The predicted octanol–water partition coefficient (Wildman–Crippen LogP) is 3.36. The number of nitrogens with one attached hydrogen (secondary N) is 1. The van der Waals surface area contributed by atoms with Gasteiger partial charge < -0.3 is 15.3 Å². The van der Waals surface area contributed by atoms with E-state index in [0.29, 0.717) is 5.69 Å². The molecule has 0 radical (unpaired) electrons. The van der Waals surface area contributed by atoms with Gasteiger partial charge in [-0.3, -0.25) is 4.79 Å². The van der Waals surface area contributed by atoms with Gasteiger partial charge in [0.15, 0.2) is 0 Å². The highest BCUT2D eigenvalue weighted by Crippen LogP contribution is 2.29. The molecule has 0 unspecified atom stereocenters. The van der Waals surface area contributed by atoms with E-state index >= 15 is 0 Å². The quantitative estimate of drug-likeness (QED) is 0.810. The summed E-state index contributed by atoms with van der Waals surface area (Å²) in [7, 11) is 1.95. The number of hydrogen-bond donors (Lipinski definition) is 2. The minimum atomic E-state index is -1.02. The van der Waals surface area contributed by atoms with E-state index < -0.39 is 5.97 Å². The van der Waals surface area contributed by atoms with Crippen LogP contribution in [0.2, 0.25) is 0 Å². The van der Waals surface area contributed by atoms with E-state index in [0.717, 1.165) is 44.3 Å². The number of hydrogen-bond acceptors (Lipinski definition) is 3. The normalized spacial score (nSPS) is 14.3. The van der Waals surface area contributed by atoms with Crippen LogP contribution in [0, 0.1) is 5.92 Å². The van der Waals surface area contributed by atoms with Gasteiger partial charge in [0.05, 0.1) is 11.3 Å². The highest BCUT2D eigenvalue weighted by Gasteiger charge is 2.26. The van der Waals surface area contributed by atoms with Crippen LogP contribution in [0.15, 0.2) is 18.2 Å². The SMILES string of the molecule is CCCCN(C)c1ccc(NC(=O)C2CCC2)c(C(=O)O)c1. The third kappa shape index (κ3) is 3.78. The molecule has 5 nitrogen and oxygen atoms in total. The van der Waals surface area contributed by atoms with Crippen molar-refractivity contribution in [1.29, 1.82) is 0 Å². The van der Waals surface area contributed by atoms with Crippen LogP contribution in [0.1, 0.15) is 49.4 Å². The van der Waals surface area contributed by atoms with Gasteiger partial charge in [-0.1, -0.05) is 19.8 Å². The average molecular weight is 304 g/mol. The lowest BCUT2D eigenvalue weighted by atomic mass is 9.85. The van der Waals surface area contributed by atoms with Crippen molar-refractivity contribution in [3.63, 3.8) is 0 Å². The van der Waals surface area contributed by atoms with Crippen LogP contribution in [0.3, 0.4) is 0 Å². The van der Waals surface area contributed by atoms with Gasteiger partial charge in [0, 0.05) is 25.2 Å². The van der Waals surface area contributed by atoms with E-state index in [1.54, 1.807) is 12.1 Å². The number of anilines is 2. The summed E-state index contributed by atoms with van der Waals surface area (Å²) in [5.74, 6) is -1.05. The van der Waals surface area contributed by atoms with Crippen LogP contribution in [0.25, 0.3) is 0 Å². The van der Waals surface area contributed by atoms with E-state index in [9.17, 15) is 14.7 Å². The maximum absolute atomic E-state index is 12.0. The first-order valence-electron chi connectivity index (χ1n) is 7.92. The van der Waals surface area contributed by atoms with Gasteiger partial charge in [0.2, 0.25) is 5.91 Å². The van der Waals surface area contributed by atoms with Gasteiger partial charge in [-0.05, 0) is 37.5 Å². The first-order valence-corrected chi connectivity index (χ1v) is 7.92. The molecule has 1 aromatic rings. The average Bonchev–Trinajstić information content (AvgIpc) is 2.42. The van der Waals surface area contributed by atoms with Gasteiger partial charge in [0.25, 0.3) is 0 Å². The number of carbonyl (C=O) groups is 2. The third-order valence-electron chi connectivity index (χ3n) is 4.26. The largest absolute Gasteiger partial charge is 0.478 e. The van der Waals surface area contributed by atoms with Crippen molar-refractivity contribution in [2.75, 3.05) is 23.8 Å². The van der Waals surface area contributed by atoms with Gasteiger partial charge in [-0.25, -0.2) is 4.79 Å². The zero-order chi connectivity index (χ0) is 16.1. The van der Waals surface area contributed by atoms with Crippen LogP contribution >= 0.6 is 0 Å². The molecule has 1 aliphatic rings. The van der Waals surface area contributed by atoms with Crippen LogP contribution < -0.4 is 10.2 Å². The van der Waals surface area contributed by atoms with Crippen molar-refractivity contribution in [3.05, 3.63) is 23.8 Å². The fourth-order valence-electron chi connectivity index (χ4n) is 2.49. The summed E-state index contributed by atoms with van der Waals surface area (Å²) < 4.78 is 0. The molecule has 5 heteroatoms. The molecule has 22 heavy (non-hydrogen) atoms. The standard InChI is InChI=1S/C17H24N2O3/c1-3-4-10-19(2)13-8-9-15(14(11-13)17(21)22)18-16(20)12-6-5-7-12/h8-9,11-12H,3-7,10H2,1-2H3,(H,18,20)(H,21,22). The molecule has 0 aromatic heterocycles. The Kier molecular flexibility index (Phi) is 5.41. The number of rotatable bonds is 7. The second kappa shape index (κ2) is 7.29. The molecular weight excluding hydrogens is 280 g/mol. The summed E-state index contributed by atoms with van der Waals surface area (Å²) in [4.78, 5) is 25.5. The van der Waals surface area contributed by atoms with Gasteiger partial charge in [0.1, 0.15) is 0 Å². The van der Waals surface area contributed by atoms with Crippen LogP contribution in [0.5, 0.6) is 0 Å². The summed E-state index contributed by atoms with van der Waals surface area (Å²) in [6, 6.07) is 5.19. The third-order valence-corrected chi connectivity index (χ3v) is 4.26. The van der Waals surface area contributed by atoms with Crippen LogP contribution in [0.4, 0.5) is 11.4 Å². The van der Waals surface area contributed by atoms with Crippen LogP contribution in [-0.4, -0.2) is 30.6 Å². The molecule has 2 N–H and O–H groups in total. The van der Waals surface area contributed by atoms with Crippen molar-refractivity contribution in [3.8, 4) is 0 Å². The zero-order valence-corrected chi connectivity index (χ0v) is 13.3. The van der Waals surface area contributed by atoms with E-state index in [1.165, 1.54) is 0 Å². The van der Waals surface area contributed by atoms with Crippen molar-refractivity contribution in [2.45, 2.75) is 39.0 Å². The number of carbonyl (C=O) groups excluding carboxylic acids is 1. The first-order chi connectivity index (χ1) is 10.5. The van der Waals surface area contributed by atoms with Crippen molar-refractivity contribution in [1.82, 2.24) is 0 Å². The Balaban J connectivity index is 2.15. The molecule has 1 saturated carbocycles. The molecule has 0 atom stereocenters. The molecule has 1 aliphatic carbocycles. The number of carboxylic acid groups (broad SMARTS) is 1. The number of amides is 1. The Labute approximate surface area is 131 Å². The Hall–Kier alpha value is -2.04. The molecule has 1 fully saturated rings. The topological polar surface area (TPSA) is 69.6 Å². The van der Waals surface area contributed by atoms with Crippen molar-refractivity contribution in [2.24, 2.45) is 5.92 Å². The van der Waals surface area contributed by atoms with E-state index in [-0.39, 0.29) is 17.4 Å². The maximum Gasteiger partial charge on any atom is 0.337 e. The molecule has 120 valence electrons. The van der Waals surface area contributed by atoms with Crippen molar-refractivity contribution >= 4 is 23.3 Å². The molecule has 0 bridgehead atoms. The number of nitrogens with zero attached hydrogens (tertiary/aromatic N) is 1. The van der Waals surface area contributed by atoms with Crippen LogP contribution in [-0.2, 0) is 4.79 Å². The molecule has 1 amide bonds. The molecule has 0 saturated heterocycles. The lowest BCUT2D eigenvalue weighted by Crippen LogP contribution is -2.28. The molecule has 2 rings (SSSR count). The summed E-state index contributed by atoms with van der Waals surface area (Å²) >= 11 is 0. The van der Waals surface area contributed by atoms with E-state index in [4.69, 9.17) is 0 Å². The lowest BCUT2D eigenvalue weighted by Gasteiger charge is -2.25.